The van der Waals surface area contributed by atoms with Crippen molar-refractivity contribution in [3.63, 3.8) is 0 Å². The first kappa shape index (κ1) is 27.0. The van der Waals surface area contributed by atoms with Crippen LogP contribution in [-0.2, 0) is 27.4 Å². The standard InChI is InChI=1S/C32H32N4O5/c1-22-17-36(31(38)35-28(22)34-29(37)25-15-9-4-10-16-25)30-26-27(40-19-24-13-7-3-8-14-24)32(41-30,20-33-26)21-39-18-23-11-5-2-6-12-23/h2-17,26-27,30,33H,18-21H2,1H3,(H,34,35,37,38)/t26-,27+,30-,32-/m1/s1. The van der Waals surface area contributed by atoms with Crippen LogP contribution >= 0.6 is 0 Å². The first-order chi connectivity index (χ1) is 20.0. The predicted molar refractivity (Wildman–Crippen MR) is 153 cm³/mol. The van der Waals surface area contributed by atoms with Crippen LogP contribution < -0.4 is 16.3 Å². The van der Waals surface area contributed by atoms with E-state index in [-0.39, 0.29) is 30.5 Å². The Hall–Kier alpha value is -4.15. The molecule has 9 nitrogen and oxygen atoms in total. The summed E-state index contributed by atoms with van der Waals surface area (Å²) >= 11 is 0. The van der Waals surface area contributed by atoms with Gasteiger partial charge >= 0.3 is 5.69 Å². The van der Waals surface area contributed by atoms with Crippen molar-refractivity contribution in [2.75, 3.05) is 18.5 Å². The zero-order valence-corrected chi connectivity index (χ0v) is 22.7. The van der Waals surface area contributed by atoms with E-state index in [1.54, 1.807) is 37.4 Å². The molecule has 2 aliphatic heterocycles. The van der Waals surface area contributed by atoms with Gasteiger partial charge in [0.1, 0.15) is 17.5 Å². The van der Waals surface area contributed by atoms with Gasteiger partial charge in [-0.1, -0.05) is 78.9 Å². The molecule has 0 saturated carbocycles. The van der Waals surface area contributed by atoms with Crippen LogP contribution in [0.1, 0.15) is 33.3 Å². The molecule has 4 atom stereocenters. The fourth-order valence-corrected chi connectivity index (χ4v) is 5.47. The average molecular weight is 553 g/mol. The van der Waals surface area contributed by atoms with Crippen LogP contribution in [0.3, 0.4) is 0 Å². The Balaban J connectivity index is 1.23. The summed E-state index contributed by atoms with van der Waals surface area (Å²) in [6.07, 6.45) is 0.644. The third kappa shape index (κ3) is 5.71. The van der Waals surface area contributed by atoms with Crippen molar-refractivity contribution in [1.82, 2.24) is 14.9 Å². The highest BCUT2D eigenvalue weighted by molar-refractivity contribution is 6.04. The summed E-state index contributed by atoms with van der Waals surface area (Å²) < 4.78 is 20.7. The lowest BCUT2D eigenvalue weighted by Gasteiger charge is -2.32. The molecule has 210 valence electrons. The second-order valence-corrected chi connectivity index (χ2v) is 10.5. The number of amides is 1. The molecular weight excluding hydrogens is 520 g/mol. The monoisotopic (exact) mass is 552 g/mol. The number of rotatable bonds is 10. The molecule has 2 N–H and O–H groups in total. The highest BCUT2D eigenvalue weighted by atomic mass is 16.6. The van der Waals surface area contributed by atoms with Gasteiger partial charge in [-0.2, -0.15) is 4.98 Å². The van der Waals surface area contributed by atoms with Crippen molar-refractivity contribution < 1.29 is 19.0 Å². The van der Waals surface area contributed by atoms with Crippen molar-refractivity contribution >= 4 is 11.7 Å². The molecule has 4 aromatic rings. The number of hydrogen-bond acceptors (Lipinski definition) is 7. The number of hydrogen-bond donors (Lipinski definition) is 2. The molecule has 41 heavy (non-hydrogen) atoms. The predicted octanol–water partition coefficient (Wildman–Crippen LogP) is 3.85. The molecule has 0 spiro atoms. The number of anilines is 1. The summed E-state index contributed by atoms with van der Waals surface area (Å²) in [5.74, 6) is -0.117. The molecule has 0 radical (unpaired) electrons. The Morgan fingerprint density at radius 1 is 1.00 bits per heavy atom. The third-order valence-electron chi connectivity index (χ3n) is 7.55. The number of nitrogens with zero attached hydrogens (tertiary/aromatic N) is 2. The van der Waals surface area contributed by atoms with Crippen molar-refractivity contribution in [3.05, 3.63) is 130 Å². The Morgan fingerprint density at radius 2 is 1.63 bits per heavy atom. The van der Waals surface area contributed by atoms with Gasteiger partial charge < -0.3 is 24.8 Å². The molecule has 3 heterocycles. The molecule has 2 aliphatic rings. The maximum atomic E-state index is 13.3. The van der Waals surface area contributed by atoms with Crippen molar-refractivity contribution in [1.29, 1.82) is 0 Å². The molecule has 2 saturated heterocycles. The van der Waals surface area contributed by atoms with Crippen LogP contribution in [0.4, 0.5) is 5.82 Å². The smallest absolute Gasteiger partial charge is 0.351 e. The van der Waals surface area contributed by atoms with Crippen molar-refractivity contribution in [2.24, 2.45) is 0 Å². The highest BCUT2D eigenvalue weighted by Crippen LogP contribution is 2.43. The van der Waals surface area contributed by atoms with Gasteiger partial charge in [-0.05, 0) is 30.2 Å². The Kier molecular flexibility index (Phi) is 7.76. The van der Waals surface area contributed by atoms with Gasteiger partial charge in [0.15, 0.2) is 6.23 Å². The van der Waals surface area contributed by atoms with E-state index in [9.17, 15) is 9.59 Å². The minimum atomic E-state index is -0.799. The molecule has 3 aromatic carbocycles. The lowest BCUT2D eigenvalue weighted by molar-refractivity contribution is -0.155. The maximum Gasteiger partial charge on any atom is 0.351 e. The normalized spacial score (nSPS) is 23.0. The quantitative estimate of drug-likeness (QED) is 0.308. The van der Waals surface area contributed by atoms with E-state index < -0.39 is 17.5 Å². The molecule has 1 aromatic heterocycles. The van der Waals surface area contributed by atoms with E-state index in [2.05, 4.69) is 15.6 Å². The number of nitrogens with one attached hydrogen (secondary N) is 2. The topological polar surface area (TPSA) is 104 Å². The fourth-order valence-electron chi connectivity index (χ4n) is 5.47. The minimum Gasteiger partial charge on any atom is -0.374 e. The van der Waals surface area contributed by atoms with Crippen LogP contribution in [0.25, 0.3) is 0 Å². The first-order valence-electron chi connectivity index (χ1n) is 13.7. The van der Waals surface area contributed by atoms with Gasteiger partial charge in [-0.25, -0.2) is 4.79 Å². The summed E-state index contributed by atoms with van der Waals surface area (Å²) in [5.41, 5.74) is 1.90. The number of ether oxygens (including phenoxy) is 3. The van der Waals surface area contributed by atoms with E-state index >= 15 is 0 Å². The van der Waals surface area contributed by atoms with E-state index in [0.717, 1.165) is 11.1 Å². The zero-order valence-electron chi connectivity index (χ0n) is 22.7. The number of morpholine rings is 1. The van der Waals surface area contributed by atoms with Crippen molar-refractivity contribution in [3.8, 4) is 0 Å². The van der Waals surface area contributed by atoms with E-state index in [1.807, 2.05) is 66.7 Å². The summed E-state index contributed by atoms with van der Waals surface area (Å²) in [5, 5.41) is 6.26. The molecular formula is C32H32N4O5. The lowest BCUT2D eigenvalue weighted by atomic mass is 10.00. The summed E-state index contributed by atoms with van der Waals surface area (Å²) in [6, 6.07) is 28.4. The molecule has 0 unspecified atom stereocenters. The van der Waals surface area contributed by atoms with Gasteiger partial charge in [-0.15, -0.1) is 0 Å². The van der Waals surface area contributed by atoms with Crippen LogP contribution in [0.2, 0.25) is 0 Å². The lowest BCUT2D eigenvalue weighted by Crippen LogP contribution is -2.48. The minimum absolute atomic E-state index is 0.217. The molecule has 1 amide bonds. The van der Waals surface area contributed by atoms with Crippen molar-refractivity contribution in [2.45, 2.75) is 44.1 Å². The number of fused-ring (bicyclic) bond motifs is 2. The largest absolute Gasteiger partial charge is 0.374 e. The van der Waals surface area contributed by atoms with Crippen LogP contribution in [0.5, 0.6) is 0 Å². The number of aromatic nitrogens is 2. The van der Waals surface area contributed by atoms with Gasteiger partial charge in [0.25, 0.3) is 5.91 Å². The Morgan fingerprint density at radius 3 is 2.32 bits per heavy atom. The van der Waals surface area contributed by atoms with E-state index in [0.29, 0.717) is 30.9 Å². The maximum absolute atomic E-state index is 13.3. The molecule has 9 heteroatoms. The van der Waals surface area contributed by atoms with E-state index in [4.69, 9.17) is 14.2 Å². The van der Waals surface area contributed by atoms with Gasteiger partial charge in [-0.3, -0.25) is 9.36 Å². The third-order valence-corrected chi connectivity index (χ3v) is 7.55. The molecule has 2 fully saturated rings. The average Bonchev–Trinajstić information content (AvgIpc) is 3.50. The molecule has 0 aliphatic carbocycles. The van der Waals surface area contributed by atoms with Crippen LogP contribution in [0, 0.1) is 6.92 Å². The second-order valence-electron chi connectivity index (χ2n) is 10.5. The summed E-state index contributed by atoms with van der Waals surface area (Å²) in [6.45, 7) is 3.44. The Bertz CT molecular complexity index is 1550. The number of carbonyl (C=O) groups excluding carboxylic acids is 1. The van der Waals surface area contributed by atoms with Crippen LogP contribution in [0.15, 0.2) is 102 Å². The van der Waals surface area contributed by atoms with Gasteiger partial charge in [0, 0.05) is 23.9 Å². The number of benzene rings is 3. The Labute approximate surface area is 238 Å². The van der Waals surface area contributed by atoms with E-state index in [1.165, 1.54) is 4.57 Å². The summed E-state index contributed by atoms with van der Waals surface area (Å²) in [7, 11) is 0. The second kappa shape index (κ2) is 11.8. The number of aryl methyl sites for hydroxylation is 1. The van der Waals surface area contributed by atoms with Gasteiger partial charge in [0.2, 0.25) is 0 Å². The molecule has 2 bridgehead atoms. The SMILES string of the molecule is Cc1cn([C@@H]2O[C@@]3(COCc4ccccc4)CN[C@@H]2[C@@H]3OCc2ccccc2)c(=O)nc1NC(=O)c1ccccc1. The zero-order chi connectivity index (χ0) is 28.2. The molecule has 6 rings (SSSR count). The van der Waals surface area contributed by atoms with Gasteiger partial charge in [0.05, 0.1) is 25.9 Å². The summed E-state index contributed by atoms with van der Waals surface area (Å²) in [4.78, 5) is 30.2. The number of carbonyl (C=O) groups is 1. The fraction of sp³-hybridized carbons (Fsp3) is 0.281. The highest BCUT2D eigenvalue weighted by Gasteiger charge is 2.62. The first-order valence-corrected chi connectivity index (χ1v) is 13.7. The van der Waals surface area contributed by atoms with Crippen LogP contribution in [-0.4, -0.2) is 46.4 Å².